The average molecular weight is 260 g/mol. The number of hydrogen-bond acceptors (Lipinski definition) is 4. The lowest BCUT2D eigenvalue weighted by Gasteiger charge is -2.10. The Morgan fingerprint density at radius 3 is 2.47 bits per heavy atom. The summed E-state index contributed by atoms with van der Waals surface area (Å²) in [4.78, 5) is 28.4. The number of aryl methyl sites for hydroxylation is 2. The van der Waals surface area contributed by atoms with Gasteiger partial charge < -0.3 is 4.98 Å². The number of nitrogens with zero attached hydrogens (tertiary/aromatic N) is 3. The molecule has 102 valence electrons. The standard InChI is InChI=1S/C14H20N4O/c1-5-7-10-17-13-11(14(19)18-10)12(8(3)4)15-9(6-2)16-13/h8H,5-7H2,1-4H3,(H,15,16,17,18,19). The van der Waals surface area contributed by atoms with Crippen LogP contribution >= 0.6 is 0 Å². The second-order valence-electron chi connectivity index (χ2n) is 4.99. The summed E-state index contributed by atoms with van der Waals surface area (Å²) in [5, 5.41) is 0.534. The highest BCUT2D eigenvalue weighted by Crippen LogP contribution is 2.19. The van der Waals surface area contributed by atoms with Crippen molar-refractivity contribution >= 4 is 11.0 Å². The molecular weight excluding hydrogens is 240 g/mol. The van der Waals surface area contributed by atoms with E-state index in [1.165, 1.54) is 0 Å². The Kier molecular flexibility index (Phi) is 3.93. The first-order valence-electron chi connectivity index (χ1n) is 6.86. The Morgan fingerprint density at radius 1 is 1.16 bits per heavy atom. The molecule has 5 heteroatoms. The molecule has 0 aromatic carbocycles. The van der Waals surface area contributed by atoms with Gasteiger partial charge in [0.1, 0.15) is 17.0 Å². The van der Waals surface area contributed by atoms with E-state index in [-0.39, 0.29) is 11.5 Å². The molecule has 0 aliphatic rings. The topological polar surface area (TPSA) is 71.5 Å². The molecule has 0 bridgehead atoms. The maximum Gasteiger partial charge on any atom is 0.262 e. The van der Waals surface area contributed by atoms with Gasteiger partial charge in [0, 0.05) is 12.8 Å². The molecule has 0 amide bonds. The Labute approximate surface area is 112 Å². The van der Waals surface area contributed by atoms with Crippen LogP contribution in [0.25, 0.3) is 11.0 Å². The fraction of sp³-hybridized carbons (Fsp3) is 0.571. The van der Waals surface area contributed by atoms with Gasteiger partial charge in [-0.1, -0.05) is 27.7 Å². The van der Waals surface area contributed by atoms with E-state index in [2.05, 4.69) is 26.9 Å². The van der Waals surface area contributed by atoms with Gasteiger partial charge in [0.2, 0.25) is 0 Å². The number of nitrogens with one attached hydrogen (secondary N) is 1. The fourth-order valence-electron chi connectivity index (χ4n) is 2.09. The minimum Gasteiger partial charge on any atom is -0.310 e. The number of hydrogen-bond donors (Lipinski definition) is 1. The third-order valence-corrected chi connectivity index (χ3v) is 3.04. The van der Waals surface area contributed by atoms with Crippen LogP contribution < -0.4 is 5.56 Å². The predicted molar refractivity (Wildman–Crippen MR) is 75.4 cm³/mol. The highest BCUT2D eigenvalue weighted by atomic mass is 16.1. The van der Waals surface area contributed by atoms with Crippen molar-refractivity contribution in [2.45, 2.75) is 52.9 Å². The summed E-state index contributed by atoms with van der Waals surface area (Å²) in [7, 11) is 0. The third-order valence-electron chi connectivity index (χ3n) is 3.04. The first-order chi connectivity index (χ1) is 9.06. The Bertz CT molecular complexity index is 646. The number of rotatable bonds is 4. The molecule has 2 aromatic heterocycles. The van der Waals surface area contributed by atoms with Gasteiger partial charge in [-0.3, -0.25) is 4.79 Å². The van der Waals surface area contributed by atoms with E-state index in [4.69, 9.17) is 0 Å². The van der Waals surface area contributed by atoms with Crippen molar-refractivity contribution < 1.29 is 0 Å². The molecule has 0 unspecified atom stereocenters. The minimum atomic E-state index is -0.125. The van der Waals surface area contributed by atoms with Crippen molar-refractivity contribution in [3.8, 4) is 0 Å². The smallest absolute Gasteiger partial charge is 0.262 e. The van der Waals surface area contributed by atoms with Crippen LogP contribution in [0.5, 0.6) is 0 Å². The van der Waals surface area contributed by atoms with Crippen LogP contribution in [0.4, 0.5) is 0 Å². The van der Waals surface area contributed by atoms with Gasteiger partial charge in [-0.2, -0.15) is 0 Å². The van der Waals surface area contributed by atoms with Gasteiger partial charge in [-0.05, 0) is 12.3 Å². The first kappa shape index (κ1) is 13.6. The molecule has 1 N–H and O–H groups in total. The zero-order valence-electron chi connectivity index (χ0n) is 11.9. The van der Waals surface area contributed by atoms with E-state index in [9.17, 15) is 4.79 Å². The van der Waals surface area contributed by atoms with Gasteiger partial charge in [0.25, 0.3) is 5.56 Å². The summed E-state index contributed by atoms with van der Waals surface area (Å²) in [6.45, 7) is 8.12. The van der Waals surface area contributed by atoms with Gasteiger partial charge >= 0.3 is 0 Å². The lowest BCUT2D eigenvalue weighted by Crippen LogP contribution is -2.17. The summed E-state index contributed by atoms with van der Waals surface area (Å²) in [5.41, 5.74) is 1.20. The molecule has 0 saturated carbocycles. The monoisotopic (exact) mass is 260 g/mol. The predicted octanol–water partition coefficient (Wildman–Crippen LogP) is 2.35. The lowest BCUT2D eigenvalue weighted by atomic mass is 10.1. The molecule has 0 aliphatic carbocycles. The van der Waals surface area contributed by atoms with Crippen LogP contribution in [-0.2, 0) is 12.8 Å². The van der Waals surface area contributed by atoms with Crippen molar-refractivity contribution in [3.05, 3.63) is 27.7 Å². The second kappa shape index (κ2) is 5.47. The van der Waals surface area contributed by atoms with Crippen molar-refractivity contribution in [2.75, 3.05) is 0 Å². The maximum absolute atomic E-state index is 12.2. The minimum absolute atomic E-state index is 0.125. The van der Waals surface area contributed by atoms with Crippen molar-refractivity contribution in [3.63, 3.8) is 0 Å². The number of aromatic nitrogens is 4. The van der Waals surface area contributed by atoms with E-state index in [0.717, 1.165) is 30.8 Å². The Morgan fingerprint density at radius 2 is 1.89 bits per heavy atom. The van der Waals surface area contributed by atoms with Crippen LogP contribution in [0.1, 0.15) is 57.4 Å². The number of fused-ring (bicyclic) bond motifs is 1. The molecular formula is C14H20N4O. The summed E-state index contributed by atoms with van der Waals surface area (Å²) in [5.74, 6) is 1.63. The van der Waals surface area contributed by atoms with E-state index < -0.39 is 0 Å². The number of H-pyrrole nitrogens is 1. The molecule has 0 saturated heterocycles. The molecule has 2 rings (SSSR count). The molecule has 0 spiro atoms. The zero-order chi connectivity index (χ0) is 14.0. The van der Waals surface area contributed by atoms with Crippen LogP contribution in [0, 0.1) is 0 Å². The van der Waals surface area contributed by atoms with E-state index in [0.29, 0.717) is 16.9 Å². The van der Waals surface area contributed by atoms with Crippen LogP contribution in [0.3, 0.4) is 0 Å². The lowest BCUT2D eigenvalue weighted by molar-refractivity contribution is 0.787. The summed E-state index contributed by atoms with van der Waals surface area (Å²) < 4.78 is 0. The summed E-state index contributed by atoms with van der Waals surface area (Å²) >= 11 is 0. The molecule has 0 atom stereocenters. The largest absolute Gasteiger partial charge is 0.310 e. The SMILES string of the molecule is CCCc1nc2nc(CC)nc(C(C)C)c2c(=O)[nH]1. The second-order valence-corrected chi connectivity index (χ2v) is 4.99. The highest BCUT2D eigenvalue weighted by molar-refractivity contribution is 5.76. The van der Waals surface area contributed by atoms with Crippen LogP contribution in [0.15, 0.2) is 4.79 Å². The van der Waals surface area contributed by atoms with E-state index in [1.54, 1.807) is 0 Å². The van der Waals surface area contributed by atoms with Crippen LogP contribution in [-0.4, -0.2) is 19.9 Å². The van der Waals surface area contributed by atoms with Crippen molar-refractivity contribution in [2.24, 2.45) is 0 Å². The molecule has 0 aliphatic heterocycles. The highest BCUT2D eigenvalue weighted by Gasteiger charge is 2.15. The third kappa shape index (κ3) is 2.64. The quantitative estimate of drug-likeness (QED) is 0.916. The summed E-state index contributed by atoms with van der Waals surface area (Å²) in [6, 6.07) is 0. The first-order valence-corrected chi connectivity index (χ1v) is 6.86. The Balaban J connectivity index is 2.77. The fourth-order valence-corrected chi connectivity index (χ4v) is 2.09. The van der Waals surface area contributed by atoms with Crippen molar-refractivity contribution in [1.29, 1.82) is 0 Å². The van der Waals surface area contributed by atoms with Crippen molar-refractivity contribution in [1.82, 2.24) is 19.9 Å². The van der Waals surface area contributed by atoms with E-state index in [1.807, 2.05) is 20.8 Å². The Hall–Kier alpha value is -1.78. The molecule has 0 radical (unpaired) electrons. The molecule has 2 aromatic rings. The zero-order valence-corrected chi connectivity index (χ0v) is 11.9. The molecule has 5 nitrogen and oxygen atoms in total. The van der Waals surface area contributed by atoms with Gasteiger partial charge in [-0.25, -0.2) is 15.0 Å². The van der Waals surface area contributed by atoms with Crippen LogP contribution in [0.2, 0.25) is 0 Å². The number of aromatic amines is 1. The van der Waals surface area contributed by atoms with Gasteiger partial charge in [-0.15, -0.1) is 0 Å². The van der Waals surface area contributed by atoms with Gasteiger partial charge in [0.05, 0.1) is 5.69 Å². The average Bonchev–Trinajstić information content (AvgIpc) is 2.37. The summed E-state index contributed by atoms with van der Waals surface area (Å²) in [6.07, 6.45) is 2.44. The maximum atomic E-state index is 12.2. The normalized spacial score (nSPS) is 11.4. The molecule has 2 heterocycles. The molecule has 0 fully saturated rings. The van der Waals surface area contributed by atoms with Gasteiger partial charge in [0.15, 0.2) is 5.65 Å². The molecule has 19 heavy (non-hydrogen) atoms. The van der Waals surface area contributed by atoms with E-state index >= 15 is 0 Å².